The molecule has 2 aromatic rings. The average molecular weight is 404 g/mol. The van der Waals surface area contributed by atoms with E-state index in [1.165, 1.54) is 0 Å². The summed E-state index contributed by atoms with van der Waals surface area (Å²) in [5.41, 5.74) is 1.92. The molecule has 3 N–H and O–H groups in total. The highest BCUT2D eigenvalue weighted by Gasteiger charge is 2.24. The second-order valence-corrected chi connectivity index (χ2v) is 6.83. The number of hydrogen-bond acceptors (Lipinski definition) is 4. The van der Waals surface area contributed by atoms with Gasteiger partial charge >= 0.3 is 0 Å². The molecule has 2 amide bonds. The van der Waals surface area contributed by atoms with Crippen molar-refractivity contribution >= 4 is 35.6 Å². The van der Waals surface area contributed by atoms with E-state index < -0.39 is 0 Å². The third kappa shape index (κ3) is 5.71. The number of amides is 2. The van der Waals surface area contributed by atoms with E-state index in [1.807, 2.05) is 0 Å². The first-order chi connectivity index (χ1) is 13.0. The van der Waals surface area contributed by atoms with Crippen molar-refractivity contribution in [3.63, 3.8) is 0 Å². The highest BCUT2D eigenvalue weighted by molar-refractivity contribution is 6.04. The lowest BCUT2D eigenvalue weighted by Crippen LogP contribution is -2.40. The van der Waals surface area contributed by atoms with E-state index in [4.69, 9.17) is 4.74 Å². The molecule has 0 aromatic heterocycles. The quantitative estimate of drug-likeness (QED) is 0.711. The van der Waals surface area contributed by atoms with Gasteiger partial charge in [0.1, 0.15) is 5.75 Å². The third-order valence-electron chi connectivity index (χ3n) is 4.76. The maximum absolute atomic E-state index is 12.4. The Kier molecular flexibility index (Phi) is 7.84. The first-order valence-electron chi connectivity index (χ1n) is 9.15. The predicted molar refractivity (Wildman–Crippen MR) is 113 cm³/mol. The van der Waals surface area contributed by atoms with E-state index >= 15 is 0 Å². The Bertz CT molecular complexity index is 794. The van der Waals surface area contributed by atoms with Crippen LogP contribution >= 0.6 is 12.4 Å². The highest BCUT2D eigenvalue weighted by atomic mass is 35.5. The summed E-state index contributed by atoms with van der Waals surface area (Å²) in [6.45, 7) is 2.96. The molecule has 0 radical (unpaired) electrons. The molecule has 1 saturated heterocycles. The van der Waals surface area contributed by atoms with Gasteiger partial charge in [0.2, 0.25) is 5.91 Å². The summed E-state index contributed by atoms with van der Waals surface area (Å²) in [6.07, 6.45) is 1.69. The molecule has 3 rings (SSSR count). The van der Waals surface area contributed by atoms with E-state index in [-0.39, 0.29) is 30.1 Å². The van der Waals surface area contributed by atoms with Crippen molar-refractivity contribution < 1.29 is 14.3 Å². The monoisotopic (exact) mass is 403 g/mol. The SMILES string of the molecule is COc1ccc(NC(=O)c2ccc(NC(=O)[C@H]3CCN[C@@H](C)C3)cc2)cc1.Cl. The van der Waals surface area contributed by atoms with Crippen molar-refractivity contribution in [1.82, 2.24) is 5.32 Å². The van der Waals surface area contributed by atoms with Crippen molar-refractivity contribution in [1.29, 1.82) is 0 Å². The van der Waals surface area contributed by atoms with Crippen molar-refractivity contribution in [2.45, 2.75) is 25.8 Å². The van der Waals surface area contributed by atoms with Crippen LogP contribution in [0.25, 0.3) is 0 Å². The molecule has 0 bridgehead atoms. The molecular formula is C21H26ClN3O3. The number of benzene rings is 2. The first kappa shape index (κ1) is 21.7. The molecule has 0 unspecified atom stereocenters. The zero-order chi connectivity index (χ0) is 19.2. The van der Waals surface area contributed by atoms with E-state index in [2.05, 4.69) is 22.9 Å². The van der Waals surface area contributed by atoms with Gasteiger partial charge in [0.05, 0.1) is 7.11 Å². The highest BCUT2D eigenvalue weighted by Crippen LogP contribution is 2.20. The minimum atomic E-state index is -0.203. The number of carbonyl (C=O) groups excluding carboxylic acids is 2. The van der Waals surface area contributed by atoms with Gasteiger partial charge in [-0.25, -0.2) is 0 Å². The van der Waals surface area contributed by atoms with Gasteiger partial charge in [0, 0.05) is 28.9 Å². The van der Waals surface area contributed by atoms with Crippen LogP contribution in [0.2, 0.25) is 0 Å². The van der Waals surface area contributed by atoms with Crippen molar-refractivity contribution in [2.75, 3.05) is 24.3 Å². The van der Waals surface area contributed by atoms with Gasteiger partial charge in [0.15, 0.2) is 0 Å². The molecule has 1 aliphatic heterocycles. The lowest BCUT2D eigenvalue weighted by Gasteiger charge is -2.27. The lowest BCUT2D eigenvalue weighted by molar-refractivity contribution is -0.120. The average Bonchev–Trinajstić information content (AvgIpc) is 2.69. The number of halogens is 1. The smallest absolute Gasteiger partial charge is 0.255 e. The van der Waals surface area contributed by atoms with Crippen LogP contribution in [0.4, 0.5) is 11.4 Å². The molecule has 1 fully saturated rings. The van der Waals surface area contributed by atoms with Crippen LogP contribution in [0.15, 0.2) is 48.5 Å². The van der Waals surface area contributed by atoms with E-state index in [1.54, 1.807) is 55.6 Å². The summed E-state index contributed by atoms with van der Waals surface area (Å²) in [5, 5.41) is 9.13. The lowest BCUT2D eigenvalue weighted by atomic mass is 9.92. The molecule has 28 heavy (non-hydrogen) atoms. The number of anilines is 2. The van der Waals surface area contributed by atoms with Crippen LogP contribution in [-0.4, -0.2) is 31.5 Å². The Morgan fingerprint density at radius 2 is 1.61 bits per heavy atom. The Labute approximate surface area is 171 Å². The molecule has 1 aliphatic rings. The summed E-state index contributed by atoms with van der Waals surface area (Å²) in [5.74, 6) is 0.597. The third-order valence-corrected chi connectivity index (χ3v) is 4.76. The number of methoxy groups -OCH3 is 1. The molecular weight excluding hydrogens is 378 g/mol. The molecule has 7 heteroatoms. The minimum Gasteiger partial charge on any atom is -0.497 e. The number of rotatable bonds is 5. The number of carbonyl (C=O) groups is 2. The van der Waals surface area contributed by atoms with Crippen LogP contribution in [-0.2, 0) is 4.79 Å². The van der Waals surface area contributed by atoms with Gasteiger partial charge in [-0.1, -0.05) is 0 Å². The number of hydrogen-bond donors (Lipinski definition) is 3. The summed E-state index contributed by atoms with van der Waals surface area (Å²) in [4.78, 5) is 24.7. The molecule has 0 aliphatic carbocycles. The zero-order valence-corrected chi connectivity index (χ0v) is 16.8. The molecule has 6 nitrogen and oxygen atoms in total. The van der Waals surface area contributed by atoms with Gasteiger partial charge in [-0.3, -0.25) is 9.59 Å². The van der Waals surface area contributed by atoms with Crippen LogP contribution in [0.1, 0.15) is 30.1 Å². The summed E-state index contributed by atoms with van der Waals surface area (Å²) >= 11 is 0. The topological polar surface area (TPSA) is 79.5 Å². The zero-order valence-electron chi connectivity index (χ0n) is 16.0. The molecule has 150 valence electrons. The number of ether oxygens (including phenoxy) is 1. The summed E-state index contributed by atoms with van der Waals surface area (Å²) in [6, 6.07) is 14.4. The fraction of sp³-hybridized carbons (Fsp3) is 0.333. The van der Waals surface area contributed by atoms with Crippen molar-refractivity contribution in [2.24, 2.45) is 5.92 Å². The summed E-state index contributed by atoms with van der Waals surface area (Å²) < 4.78 is 5.10. The normalized spacial score (nSPS) is 18.5. The van der Waals surface area contributed by atoms with Crippen LogP contribution < -0.4 is 20.7 Å². The number of nitrogens with one attached hydrogen (secondary N) is 3. The van der Waals surface area contributed by atoms with E-state index in [0.717, 1.165) is 25.1 Å². The fourth-order valence-corrected chi connectivity index (χ4v) is 3.20. The maximum Gasteiger partial charge on any atom is 0.255 e. The van der Waals surface area contributed by atoms with Crippen LogP contribution in [0.3, 0.4) is 0 Å². The predicted octanol–water partition coefficient (Wildman–Crippen LogP) is 3.70. The Morgan fingerprint density at radius 3 is 2.21 bits per heavy atom. The largest absolute Gasteiger partial charge is 0.497 e. The van der Waals surface area contributed by atoms with Gasteiger partial charge in [0.25, 0.3) is 5.91 Å². The van der Waals surface area contributed by atoms with Gasteiger partial charge in [-0.15, -0.1) is 12.4 Å². The Morgan fingerprint density at radius 1 is 1.00 bits per heavy atom. The maximum atomic E-state index is 12.4. The van der Waals surface area contributed by atoms with E-state index in [9.17, 15) is 9.59 Å². The van der Waals surface area contributed by atoms with Crippen molar-refractivity contribution in [3.8, 4) is 5.75 Å². The van der Waals surface area contributed by atoms with Crippen LogP contribution in [0, 0.1) is 5.92 Å². The molecule has 1 heterocycles. The second-order valence-electron chi connectivity index (χ2n) is 6.83. The second kappa shape index (κ2) is 10.1. The van der Waals surface area contributed by atoms with Gasteiger partial charge in [-0.2, -0.15) is 0 Å². The summed E-state index contributed by atoms with van der Waals surface area (Å²) in [7, 11) is 1.60. The van der Waals surface area contributed by atoms with Gasteiger partial charge in [-0.05, 0) is 74.8 Å². The molecule has 2 aromatic carbocycles. The Hall–Kier alpha value is -2.57. The molecule has 2 atom stereocenters. The molecule has 0 spiro atoms. The van der Waals surface area contributed by atoms with Crippen LogP contribution in [0.5, 0.6) is 5.75 Å². The first-order valence-corrected chi connectivity index (χ1v) is 9.15. The number of piperidine rings is 1. The van der Waals surface area contributed by atoms with Gasteiger partial charge < -0.3 is 20.7 Å². The van der Waals surface area contributed by atoms with Crippen molar-refractivity contribution in [3.05, 3.63) is 54.1 Å². The Balaban J connectivity index is 0.00000280. The standard InChI is InChI=1S/C21H25N3O3.ClH/c1-14-13-16(11-12-22-14)21(26)24-17-5-3-15(4-6-17)20(25)23-18-7-9-19(27-2)10-8-18;/h3-10,14,16,22H,11-13H2,1-2H3,(H,23,25)(H,24,26);1H/t14-,16-;/m0./s1. The van der Waals surface area contributed by atoms with E-state index in [0.29, 0.717) is 23.0 Å². The minimum absolute atomic E-state index is 0. The fourth-order valence-electron chi connectivity index (χ4n) is 3.20. The molecule has 0 saturated carbocycles.